The number of carbonyl (C=O) groups is 2. The molecule has 2 aromatic heterocycles. The molecule has 2 aromatic carbocycles. The first kappa shape index (κ1) is 22.9. The lowest BCUT2D eigenvalue weighted by Crippen LogP contribution is -2.51. The zero-order valence-corrected chi connectivity index (χ0v) is 20.2. The van der Waals surface area contributed by atoms with Crippen LogP contribution in [0.2, 0.25) is 5.02 Å². The monoisotopic (exact) mass is 488 g/mol. The molecule has 4 aromatic rings. The normalized spacial score (nSPS) is 17.9. The summed E-state index contributed by atoms with van der Waals surface area (Å²) in [4.78, 5) is 29.3. The van der Waals surface area contributed by atoms with Gasteiger partial charge in [-0.1, -0.05) is 30.7 Å². The zero-order valence-electron chi connectivity index (χ0n) is 19.5. The summed E-state index contributed by atoms with van der Waals surface area (Å²) in [5, 5.41) is 6.58. The maximum absolute atomic E-state index is 12.7. The Labute approximate surface area is 208 Å². The van der Waals surface area contributed by atoms with Crippen LogP contribution in [0, 0.1) is 0 Å². The van der Waals surface area contributed by atoms with Crippen molar-refractivity contribution in [3.63, 3.8) is 0 Å². The van der Waals surface area contributed by atoms with E-state index < -0.39 is 5.41 Å². The quantitative estimate of drug-likeness (QED) is 0.350. The van der Waals surface area contributed by atoms with E-state index in [0.29, 0.717) is 24.3 Å². The lowest BCUT2D eigenvalue weighted by atomic mass is 9.72. The Balaban J connectivity index is 1.52. The van der Waals surface area contributed by atoms with Gasteiger partial charge in [0.05, 0.1) is 17.5 Å². The second-order valence-corrected chi connectivity index (χ2v) is 9.06. The minimum atomic E-state index is -0.697. The molecule has 7 nitrogen and oxygen atoms in total. The number of aromatic nitrogens is 2. The number of hydrogen-bond acceptors (Lipinski definition) is 5. The number of methoxy groups -OCH3 is 1. The summed E-state index contributed by atoms with van der Waals surface area (Å²) in [6.45, 7) is 1.98. The summed E-state index contributed by atoms with van der Waals surface area (Å²) in [5.74, 6) is 1.10. The van der Waals surface area contributed by atoms with Crippen LogP contribution in [-0.2, 0) is 15.0 Å². The summed E-state index contributed by atoms with van der Waals surface area (Å²) in [7, 11) is 1.63. The van der Waals surface area contributed by atoms with Crippen LogP contribution in [-0.4, -0.2) is 28.3 Å². The molecular formula is C27H25ClN4O3. The van der Waals surface area contributed by atoms with Crippen molar-refractivity contribution in [1.29, 1.82) is 0 Å². The first-order valence-corrected chi connectivity index (χ1v) is 11.9. The fourth-order valence-electron chi connectivity index (χ4n) is 4.66. The van der Waals surface area contributed by atoms with Gasteiger partial charge in [0.2, 0.25) is 11.8 Å². The van der Waals surface area contributed by atoms with Gasteiger partial charge in [-0.05, 0) is 66.9 Å². The van der Waals surface area contributed by atoms with Crippen molar-refractivity contribution in [1.82, 2.24) is 14.7 Å². The van der Waals surface area contributed by atoms with E-state index in [4.69, 9.17) is 21.3 Å². The van der Waals surface area contributed by atoms with Crippen LogP contribution in [0.5, 0.6) is 5.75 Å². The highest BCUT2D eigenvalue weighted by atomic mass is 35.5. The third kappa shape index (κ3) is 4.12. The Morgan fingerprint density at radius 3 is 2.49 bits per heavy atom. The average molecular weight is 489 g/mol. The molecule has 0 aliphatic carbocycles. The third-order valence-electron chi connectivity index (χ3n) is 6.72. The first-order valence-electron chi connectivity index (χ1n) is 11.5. The third-order valence-corrected chi connectivity index (χ3v) is 6.94. The SMILES string of the molecule is CC[C@]1(c2ccc(Nc3c(-c4ccc(OC)cc4)nc4ccc(Cl)cn34)cc2)CCC(=O)NC1=O. The number of fused-ring (bicyclic) bond motifs is 1. The molecule has 0 saturated carbocycles. The highest BCUT2D eigenvalue weighted by Gasteiger charge is 2.42. The summed E-state index contributed by atoms with van der Waals surface area (Å²) >= 11 is 6.30. The van der Waals surface area contributed by atoms with Gasteiger partial charge in [0.1, 0.15) is 22.9 Å². The van der Waals surface area contributed by atoms with E-state index in [1.807, 2.05) is 78.2 Å². The van der Waals surface area contributed by atoms with Gasteiger partial charge >= 0.3 is 0 Å². The van der Waals surface area contributed by atoms with Crippen LogP contribution < -0.4 is 15.4 Å². The molecule has 1 aliphatic heterocycles. The van der Waals surface area contributed by atoms with Crippen LogP contribution in [0.4, 0.5) is 11.5 Å². The molecule has 0 radical (unpaired) electrons. The van der Waals surface area contributed by atoms with Gasteiger partial charge in [-0.3, -0.25) is 19.3 Å². The molecule has 1 atom stereocenters. The highest BCUT2D eigenvalue weighted by Crippen LogP contribution is 2.37. The number of rotatable bonds is 6. The Kier molecular flexibility index (Phi) is 5.94. The van der Waals surface area contributed by atoms with Crippen molar-refractivity contribution in [3.8, 4) is 17.0 Å². The van der Waals surface area contributed by atoms with Gasteiger partial charge < -0.3 is 10.1 Å². The summed E-state index contributed by atoms with van der Waals surface area (Å²) in [6.07, 6.45) is 3.29. The van der Waals surface area contributed by atoms with Gasteiger partial charge in [0.15, 0.2) is 0 Å². The largest absolute Gasteiger partial charge is 0.497 e. The van der Waals surface area contributed by atoms with Crippen molar-refractivity contribution in [2.24, 2.45) is 0 Å². The maximum atomic E-state index is 12.7. The van der Waals surface area contributed by atoms with Gasteiger partial charge in [-0.15, -0.1) is 0 Å². The lowest BCUT2D eigenvalue weighted by molar-refractivity contribution is -0.138. The number of nitrogens with zero attached hydrogens (tertiary/aromatic N) is 2. The number of benzene rings is 2. The Morgan fingerprint density at radius 2 is 1.83 bits per heavy atom. The molecule has 2 N–H and O–H groups in total. The smallest absolute Gasteiger partial charge is 0.237 e. The van der Waals surface area contributed by atoms with Crippen LogP contribution in [0.25, 0.3) is 16.9 Å². The van der Waals surface area contributed by atoms with Gasteiger partial charge in [-0.2, -0.15) is 0 Å². The standard InChI is InChI=1S/C27H25ClN4O3/c1-3-27(15-14-23(33)31-26(27)34)18-6-9-20(10-7-18)29-25-24(17-4-11-21(35-2)12-5-17)30-22-13-8-19(28)16-32(22)25/h4-13,16,29H,3,14-15H2,1-2H3,(H,31,33,34)/t27-/m1/s1. The van der Waals surface area contributed by atoms with Crippen LogP contribution in [0.1, 0.15) is 31.7 Å². The molecule has 0 spiro atoms. The van der Waals surface area contributed by atoms with Crippen LogP contribution in [0.3, 0.4) is 0 Å². The number of nitrogens with one attached hydrogen (secondary N) is 2. The van der Waals surface area contributed by atoms with Crippen molar-refractivity contribution < 1.29 is 14.3 Å². The fraction of sp³-hybridized carbons (Fsp3) is 0.222. The molecule has 8 heteroatoms. The molecule has 178 valence electrons. The molecule has 3 heterocycles. The second-order valence-electron chi connectivity index (χ2n) is 8.63. The van der Waals surface area contributed by atoms with Gasteiger partial charge in [-0.25, -0.2) is 4.98 Å². The molecule has 5 rings (SSSR count). The van der Waals surface area contributed by atoms with E-state index in [-0.39, 0.29) is 11.8 Å². The van der Waals surface area contributed by atoms with Crippen molar-refractivity contribution in [3.05, 3.63) is 77.4 Å². The van der Waals surface area contributed by atoms with E-state index in [1.54, 1.807) is 7.11 Å². The van der Waals surface area contributed by atoms with Gasteiger partial charge in [0, 0.05) is 23.9 Å². The number of carbonyl (C=O) groups excluding carboxylic acids is 2. The van der Waals surface area contributed by atoms with Crippen LogP contribution in [0.15, 0.2) is 66.9 Å². The van der Waals surface area contributed by atoms with Crippen molar-refractivity contribution >= 4 is 40.6 Å². The number of hydrogen-bond donors (Lipinski definition) is 2. The Morgan fingerprint density at radius 1 is 1.09 bits per heavy atom. The Bertz CT molecular complexity index is 1410. The molecule has 0 bridgehead atoms. The first-order chi connectivity index (χ1) is 16.9. The zero-order chi connectivity index (χ0) is 24.6. The average Bonchev–Trinajstić information content (AvgIpc) is 3.22. The molecule has 1 aliphatic rings. The number of pyridine rings is 1. The van der Waals surface area contributed by atoms with Gasteiger partial charge in [0.25, 0.3) is 0 Å². The van der Waals surface area contributed by atoms with Crippen molar-refractivity contribution in [2.75, 3.05) is 12.4 Å². The number of imidazole rings is 1. The summed E-state index contributed by atoms with van der Waals surface area (Å²) in [6, 6.07) is 19.2. The van der Waals surface area contributed by atoms with E-state index in [2.05, 4.69) is 10.6 Å². The number of amides is 2. The second kappa shape index (κ2) is 9.07. The van der Waals surface area contributed by atoms with E-state index >= 15 is 0 Å². The Hall–Kier alpha value is -3.84. The number of ether oxygens (including phenoxy) is 1. The maximum Gasteiger partial charge on any atom is 0.237 e. The topological polar surface area (TPSA) is 84.7 Å². The molecular weight excluding hydrogens is 464 g/mol. The molecule has 1 fully saturated rings. The van der Waals surface area contributed by atoms with Crippen LogP contribution >= 0.6 is 11.6 Å². The predicted octanol–water partition coefficient (Wildman–Crippen LogP) is 5.49. The molecule has 1 saturated heterocycles. The lowest BCUT2D eigenvalue weighted by Gasteiger charge is -2.35. The highest BCUT2D eigenvalue weighted by molar-refractivity contribution is 6.30. The molecule has 2 amide bonds. The summed E-state index contributed by atoms with van der Waals surface area (Å²) in [5.41, 5.74) is 3.49. The number of imide groups is 1. The predicted molar refractivity (Wildman–Crippen MR) is 136 cm³/mol. The molecule has 0 unspecified atom stereocenters. The summed E-state index contributed by atoms with van der Waals surface area (Å²) < 4.78 is 7.21. The van der Waals surface area contributed by atoms with E-state index in [9.17, 15) is 9.59 Å². The van der Waals surface area contributed by atoms with Crippen molar-refractivity contribution in [2.45, 2.75) is 31.6 Å². The number of halogens is 1. The number of anilines is 2. The fourth-order valence-corrected chi connectivity index (χ4v) is 4.82. The number of piperidine rings is 1. The van der Waals surface area contributed by atoms with E-state index in [0.717, 1.165) is 39.7 Å². The minimum absolute atomic E-state index is 0.213. The minimum Gasteiger partial charge on any atom is -0.497 e. The molecule has 35 heavy (non-hydrogen) atoms. The van der Waals surface area contributed by atoms with E-state index in [1.165, 1.54) is 0 Å².